The van der Waals surface area contributed by atoms with Gasteiger partial charge in [0.1, 0.15) is 0 Å². The van der Waals surface area contributed by atoms with Crippen molar-refractivity contribution in [2.24, 2.45) is 0 Å². The van der Waals surface area contributed by atoms with E-state index in [0.717, 1.165) is 5.69 Å². The average molecular weight is 350 g/mol. The molecule has 0 aliphatic heterocycles. The van der Waals surface area contributed by atoms with Gasteiger partial charge in [0, 0.05) is 24.5 Å². The molecule has 0 bridgehead atoms. The summed E-state index contributed by atoms with van der Waals surface area (Å²) in [5.74, 6) is 0. The third-order valence-electron chi connectivity index (χ3n) is 3.41. The molecule has 0 aromatic heterocycles. The Morgan fingerprint density at radius 1 is 1.08 bits per heavy atom. The van der Waals surface area contributed by atoms with E-state index >= 15 is 0 Å². The van der Waals surface area contributed by atoms with Gasteiger partial charge in [0.2, 0.25) is 9.84 Å². The van der Waals surface area contributed by atoms with Gasteiger partial charge in [0.15, 0.2) is 0 Å². The highest BCUT2D eigenvalue weighted by Crippen LogP contribution is 2.23. The molecule has 0 fully saturated rings. The number of ether oxygens (including phenoxy) is 1. The zero-order valence-electron chi connectivity index (χ0n) is 13.5. The van der Waals surface area contributed by atoms with Crippen LogP contribution in [0.2, 0.25) is 0 Å². The standard InChI is InChI=1S/C17H22N2O4S/c1-2-23-12-15(20)11-19-14-5-9-17(10-6-14)24(21,22)16-7-3-13(18)4-8-16/h3-10,15,19-20H,2,11-12,18H2,1H3. The zero-order chi connectivity index (χ0) is 17.6. The lowest BCUT2D eigenvalue weighted by atomic mass is 10.3. The van der Waals surface area contributed by atoms with Gasteiger partial charge in [-0.15, -0.1) is 0 Å². The lowest BCUT2D eigenvalue weighted by Gasteiger charge is -2.13. The van der Waals surface area contributed by atoms with E-state index in [1.807, 2.05) is 6.92 Å². The molecule has 7 heteroatoms. The maximum Gasteiger partial charge on any atom is 0.206 e. The van der Waals surface area contributed by atoms with Crippen molar-refractivity contribution in [1.29, 1.82) is 0 Å². The quantitative estimate of drug-likeness (QED) is 0.629. The third-order valence-corrected chi connectivity index (χ3v) is 5.20. The minimum Gasteiger partial charge on any atom is -0.399 e. The van der Waals surface area contributed by atoms with Crippen molar-refractivity contribution in [2.45, 2.75) is 22.8 Å². The summed E-state index contributed by atoms with van der Waals surface area (Å²) >= 11 is 0. The number of hydrogen-bond acceptors (Lipinski definition) is 6. The minimum atomic E-state index is -3.57. The Morgan fingerprint density at radius 3 is 2.17 bits per heavy atom. The Kier molecular flexibility index (Phi) is 6.19. The van der Waals surface area contributed by atoms with Crippen molar-refractivity contribution in [1.82, 2.24) is 0 Å². The van der Waals surface area contributed by atoms with Crippen LogP contribution in [-0.4, -0.2) is 39.4 Å². The Labute approximate surface area is 142 Å². The monoisotopic (exact) mass is 350 g/mol. The molecule has 2 aromatic rings. The number of nitrogens with one attached hydrogen (secondary N) is 1. The van der Waals surface area contributed by atoms with Crippen LogP contribution in [0.15, 0.2) is 58.3 Å². The summed E-state index contributed by atoms with van der Waals surface area (Å²) in [7, 11) is -3.57. The van der Waals surface area contributed by atoms with Gasteiger partial charge in [-0.1, -0.05) is 0 Å². The van der Waals surface area contributed by atoms with Crippen molar-refractivity contribution >= 4 is 21.2 Å². The van der Waals surface area contributed by atoms with Gasteiger partial charge in [-0.25, -0.2) is 8.42 Å². The average Bonchev–Trinajstić information content (AvgIpc) is 2.59. The first kappa shape index (κ1) is 18.3. The van der Waals surface area contributed by atoms with Crippen LogP contribution >= 0.6 is 0 Å². The molecule has 0 saturated heterocycles. The number of nitrogen functional groups attached to an aromatic ring is 1. The van der Waals surface area contributed by atoms with Gasteiger partial charge in [-0.05, 0) is 55.5 Å². The Morgan fingerprint density at radius 2 is 1.62 bits per heavy atom. The van der Waals surface area contributed by atoms with E-state index in [2.05, 4.69) is 5.32 Å². The summed E-state index contributed by atoms with van der Waals surface area (Å²) in [6.45, 7) is 2.99. The van der Waals surface area contributed by atoms with Crippen LogP contribution in [-0.2, 0) is 14.6 Å². The first-order valence-corrected chi connectivity index (χ1v) is 9.12. The van der Waals surface area contributed by atoms with E-state index in [9.17, 15) is 13.5 Å². The van der Waals surface area contributed by atoms with Gasteiger partial charge >= 0.3 is 0 Å². The number of nitrogens with two attached hydrogens (primary N) is 1. The van der Waals surface area contributed by atoms with Crippen molar-refractivity contribution in [3.8, 4) is 0 Å². The SMILES string of the molecule is CCOCC(O)CNc1ccc(S(=O)(=O)c2ccc(N)cc2)cc1. The fourth-order valence-electron chi connectivity index (χ4n) is 2.08. The molecule has 24 heavy (non-hydrogen) atoms. The molecule has 4 N–H and O–H groups in total. The van der Waals surface area contributed by atoms with Gasteiger partial charge < -0.3 is 20.9 Å². The molecule has 1 atom stereocenters. The molecule has 6 nitrogen and oxygen atoms in total. The van der Waals surface area contributed by atoms with Crippen LogP contribution in [0.25, 0.3) is 0 Å². The number of aliphatic hydroxyl groups is 1. The molecule has 0 amide bonds. The van der Waals surface area contributed by atoms with Crippen LogP contribution in [0.4, 0.5) is 11.4 Å². The van der Waals surface area contributed by atoms with Crippen molar-refractivity contribution in [3.63, 3.8) is 0 Å². The molecule has 130 valence electrons. The Balaban J connectivity index is 2.04. The lowest BCUT2D eigenvalue weighted by Crippen LogP contribution is -2.24. The summed E-state index contributed by atoms with van der Waals surface area (Å²) < 4.78 is 30.2. The highest BCUT2D eigenvalue weighted by Gasteiger charge is 2.17. The number of aliphatic hydroxyl groups excluding tert-OH is 1. The highest BCUT2D eigenvalue weighted by atomic mass is 32.2. The second-order valence-corrected chi connectivity index (χ2v) is 7.24. The molecule has 0 saturated carbocycles. The van der Waals surface area contributed by atoms with Crippen LogP contribution in [0.5, 0.6) is 0 Å². The zero-order valence-corrected chi connectivity index (χ0v) is 14.3. The Hall–Kier alpha value is -2.09. The minimum absolute atomic E-state index is 0.199. The van der Waals surface area contributed by atoms with Crippen molar-refractivity contribution in [2.75, 3.05) is 30.8 Å². The predicted octanol–water partition coefficient (Wildman–Crippen LogP) is 1.91. The van der Waals surface area contributed by atoms with Gasteiger partial charge in [0.05, 0.1) is 22.5 Å². The van der Waals surface area contributed by atoms with Gasteiger partial charge in [-0.3, -0.25) is 0 Å². The molecule has 1 unspecified atom stereocenters. The van der Waals surface area contributed by atoms with E-state index in [-0.39, 0.29) is 16.4 Å². The number of anilines is 2. The fraction of sp³-hybridized carbons (Fsp3) is 0.294. The molecule has 0 spiro atoms. The van der Waals surface area contributed by atoms with Crippen LogP contribution in [0.3, 0.4) is 0 Å². The van der Waals surface area contributed by atoms with E-state index in [1.54, 1.807) is 24.3 Å². The number of benzene rings is 2. The third kappa shape index (κ3) is 4.70. The van der Waals surface area contributed by atoms with E-state index in [1.165, 1.54) is 24.3 Å². The maximum atomic E-state index is 12.5. The van der Waals surface area contributed by atoms with E-state index in [0.29, 0.717) is 18.8 Å². The Bertz CT molecular complexity index is 743. The van der Waals surface area contributed by atoms with Crippen molar-refractivity contribution < 1.29 is 18.3 Å². The largest absolute Gasteiger partial charge is 0.399 e. The molecule has 0 aliphatic carbocycles. The number of hydrogen-bond donors (Lipinski definition) is 3. The first-order chi connectivity index (χ1) is 11.4. The predicted molar refractivity (Wildman–Crippen MR) is 93.7 cm³/mol. The summed E-state index contributed by atoms with van der Waals surface area (Å²) in [6, 6.07) is 12.5. The summed E-state index contributed by atoms with van der Waals surface area (Å²) in [5.41, 5.74) is 6.82. The van der Waals surface area contributed by atoms with E-state index in [4.69, 9.17) is 10.5 Å². The van der Waals surface area contributed by atoms with Gasteiger partial charge in [-0.2, -0.15) is 0 Å². The molecule has 2 rings (SSSR count). The number of rotatable bonds is 8. The molecular formula is C17H22N2O4S. The van der Waals surface area contributed by atoms with Crippen LogP contribution in [0, 0.1) is 0 Å². The molecule has 2 aromatic carbocycles. The van der Waals surface area contributed by atoms with Crippen molar-refractivity contribution in [3.05, 3.63) is 48.5 Å². The van der Waals surface area contributed by atoms with Crippen LogP contribution < -0.4 is 11.1 Å². The molecule has 0 aliphatic rings. The summed E-state index contributed by atoms with van der Waals surface area (Å²) in [4.78, 5) is 0.400. The summed E-state index contributed by atoms with van der Waals surface area (Å²) in [5, 5.41) is 12.7. The molecule has 0 heterocycles. The first-order valence-electron chi connectivity index (χ1n) is 7.64. The second kappa shape index (κ2) is 8.14. The normalized spacial score (nSPS) is 12.8. The molecule has 0 radical (unpaired) electrons. The van der Waals surface area contributed by atoms with E-state index < -0.39 is 15.9 Å². The van der Waals surface area contributed by atoms with Gasteiger partial charge in [0.25, 0.3) is 0 Å². The maximum absolute atomic E-state index is 12.5. The smallest absolute Gasteiger partial charge is 0.206 e. The topological polar surface area (TPSA) is 102 Å². The van der Waals surface area contributed by atoms with Crippen LogP contribution in [0.1, 0.15) is 6.92 Å². The number of sulfone groups is 1. The fourth-order valence-corrected chi connectivity index (χ4v) is 3.34. The molecular weight excluding hydrogens is 328 g/mol. The second-order valence-electron chi connectivity index (χ2n) is 5.29. The summed E-state index contributed by atoms with van der Waals surface area (Å²) in [6.07, 6.45) is -0.622. The highest BCUT2D eigenvalue weighted by molar-refractivity contribution is 7.91. The lowest BCUT2D eigenvalue weighted by molar-refractivity contribution is 0.0496.